The maximum atomic E-state index is 13.7. The highest BCUT2D eigenvalue weighted by molar-refractivity contribution is 7.89. The van der Waals surface area contributed by atoms with E-state index in [9.17, 15) is 23.3 Å². The van der Waals surface area contributed by atoms with Gasteiger partial charge in [-0.1, -0.05) is 61.0 Å². The van der Waals surface area contributed by atoms with Gasteiger partial charge in [0.1, 0.15) is 10.8 Å². The molecular weight excluding hydrogens is 554 g/mol. The first-order chi connectivity index (χ1) is 19.2. The summed E-state index contributed by atoms with van der Waals surface area (Å²) in [6.45, 7) is 3.57. The first kappa shape index (κ1) is 27.9. The van der Waals surface area contributed by atoms with E-state index in [0.717, 1.165) is 11.6 Å². The largest absolute Gasteiger partial charge is 0.291 e. The molecule has 0 bridgehead atoms. The molecule has 1 aromatic heterocycles. The van der Waals surface area contributed by atoms with Gasteiger partial charge in [0.2, 0.25) is 10.0 Å². The normalized spacial score (nSPS) is 15.8. The van der Waals surface area contributed by atoms with E-state index in [2.05, 4.69) is 4.90 Å². The number of para-hydroxylation sites is 1. The molecule has 1 unspecified atom stereocenters. The molecule has 4 aromatic rings. The molecule has 1 aliphatic rings. The standard InChI is InChI=1S/C28H28ClN5O5S/c1-2-25(27-30-24-11-7-6-10-22(24)28(35)33(27)19-20-8-4-3-5-9-20)31-14-16-32(17-15-31)40(38,39)21-12-13-23(29)26(18-21)34(36)37/h3-13,18,25H,2,14-17,19H2,1H3. The topological polar surface area (TPSA) is 119 Å². The van der Waals surface area contributed by atoms with Crippen molar-refractivity contribution in [3.8, 4) is 0 Å². The lowest BCUT2D eigenvalue weighted by atomic mass is 10.1. The Morgan fingerprint density at radius 2 is 1.68 bits per heavy atom. The summed E-state index contributed by atoms with van der Waals surface area (Å²) >= 11 is 5.88. The molecule has 40 heavy (non-hydrogen) atoms. The summed E-state index contributed by atoms with van der Waals surface area (Å²) in [6, 6.07) is 20.3. The Kier molecular flexibility index (Phi) is 7.99. The van der Waals surface area contributed by atoms with Crippen LogP contribution >= 0.6 is 11.6 Å². The van der Waals surface area contributed by atoms with Crippen molar-refractivity contribution in [1.82, 2.24) is 18.8 Å². The molecule has 0 N–H and O–H groups in total. The van der Waals surface area contributed by atoms with Gasteiger partial charge < -0.3 is 0 Å². The zero-order valence-electron chi connectivity index (χ0n) is 21.8. The summed E-state index contributed by atoms with van der Waals surface area (Å²) in [5.41, 5.74) is 1.03. The molecule has 1 saturated heterocycles. The van der Waals surface area contributed by atoms with Crippen LogP contribution < -0.4 is 5.56 Å². The Hall–Kier alpha value is -3.64. The Bertz CT molecular complexity index is 1720. The molecule has 0 radical (unpaired) electrons. The van der Waals surface area contributed by atoms with Crippen molar-refractivity contribution >= 4 is 38.2 Å². The van der Waals surface area contributed by atoms with Crippen molar-refractivity contribution in [3.63, 3.8) is 0 Å². The number of piperazine rings is 1. The molecule has 1 atom stereocenters. The Labute approximate surface area is 236 Å². The van der Waals surface area contributed by atoms with E-state index in [-0.39, 0.29) is 34.6 Å². The number of hydrogen-bond acceptors (Lipinski definition) is 7. The van der Waals surface area contributed by atoms with Gasteiger partial charge in [0.15, 0.2) is 0 Å². The molecule has 12 heteroatoms. The minimum Gasteiger partial charge on any atom is -0.291 e. The zero-order valence-corrected chi connectivity index (χ0v) is 23.4. The SMILES string of the molecule is CCC(c1nc2ccccc2c(=O)n1Cc1ccccc1)N1CCN(S(=O)(=O)c2ccc(Cl)c([N+](=O)[O-])c2)CC1. The second-order valence-corrected chi connectivity index (χ2v) is 11.9. The van der Waals surface area contributed by atoms with Crippen LogP contribution in [-0.4, -0.2) is 58.3 Å². The lowest BCUT2D eigenvalue weighted by molar-refractivity contribution is -0.384. The Morgan fingerprint density at radius 1 is 1.00 bits per heavy atom. The highest BCUT2D eigenvalue weighted by Crippen LogP contribution is 2.30. The number of rotatable bonds is 8. The third-order valence-electron chi connectivity index (χ3n) is 7.23. The van der Waals surface area contributed by atoms with Crippen molar-refractivity contribution in [2.24, 2.45) is 0 Å². The molecule has 2 heterocycles. The number of halogens is 1. The zero-order chi connectivity index (χ0) is 28.4. The number of sulfonamides is 1. The van der Waals surface area contributed by atoms with E-state index < -0.39 is 20.6 Å². The summed E-state index contributed by atoms with van der Waals surface area (Å²) in [6.07, 6.45) is 0.662. The number of nitrogens with zero attached hydrogens (tertiary/aromatic N) is 5. The molecule has 5 rings (SSSR count). The summed E-state index contributed by atoms with van der Waals surface area (Å²) in [4.78, 5) is 31.2. The van der Waals surface area contributed by atoms with Crippen LogP contribution in [-0.2, 0) is 16.6 Å². The fourth-order valence-corrected chi connectivity index (χ4v) is 6.79. The number of benzene rings is 3. The van der Waals surface area contributed by atoms with E-state index in [1.165, 1.54) is 16.4 Å². The monoisotopic (exact) mass is 581 g/mol. The van der Waals surface area contributed by atoms with Crippen molar-refractivity contribution in [2.75, 3.05) is 26.2 Å². The lowest BCUT2D eigenvalue weighted by Crippen LogP contribution is -2.50. The van der Waals surface area contributed by atoms with E-state index in [1.807, 2.05) is 55.5 Å². The second-order valence-electron chi connectivity index (χ2n) is 9.60. The fourth-order valence-electron chi connectivity index (χ4n) is 5.16. The minimum atomic E-state index is -3.97. The van der Waals surface area contributed by atoms with Gasteiger partial charge in [-0.15, -0.1) is 0 Å². The molecule has 208 valence electrons. The number of nitro groups is 1. The summed E-state index contributed by atoms with van der Waals surface area (Å²) in [5.74, 6) is 0.639. The van der Waals surface area contributed by atoms with Crippen LogP contribution in [0, 0.1) is 10.1 Å². The van der Waals surface area contributed by atoms with Gasteiger partial charge in [-0.3, -0.25) is 24.4 Å². The number of fused-ring (bicyclic) bond motifs is 1. The third-order valence-corrected chi connectivity index (χ3v) is 9.44. The molecule has 0 spiro atoms. The van der Waals surface area contributed by atoms with Crippen molar-refractivity contribution in [2.45, 2.75) is 30.8 Å². The van der Waals surface area contributed by atoms with Gasteiger partial charge in [-0.2, -0.15) is 4.31 Å². The first-order valence-electron chi connectivity index (χ1n) is 12.9. The highest BCUT2D eigenvalue weighted by atomic mass is 35.5. The predicted octanol–water partition coefficient (Wildman–Crippen LogP) is 4.46. The average molecular weight is 582 g/mol. The predicted molar refractivity (Wildman–Crippen MR) is 153 cm³/mol. The van der Waals surface area contributed by atoms with Crippen LogP contribution in [0.3, 0.4) is 0 Å². The smallest absolute Gasteiger partial charge is 0.289 e. The summed E-state index contributed by atoms with van der Waals surface area (Å²) in [7, 11) is -3.97. The number of hydrogen-bond donors (Lipinski definition) is 0. The first-order valence-corrected chi connectivity index (χ1v) is 14.7. The van der Waals surface area contributed by atoms with Crippen LogP contribution in [0.4, 0.5) is 5.69 Å². The third kappa shape index (κ3) is 5.37. The Morgan fingerprint density at radius 3 is 2.35 bits per heavy atom. The number of aromatic nitrogens is 2. The maximum absolute atomic E-state index is 13.7. The van der Waals surface area contributed by atoms with Crippen LogP contribution in [0.5, 0.6) is 0 Å². The molecule has 1 fully saturated rings. The highest BCUT2D eigenvalue weighted by Gasteiger charge is 2.34. The molecule has 0 saturated carbocycles. The molecular formula is C28H28ClN5O5S. The van der Waals surface area contributed by atoms with Gasteiger partial charge in [0.25, 0.3) is 11.2 Å². The summed E-state index contributed by atoms with van der Waals surface area (Å²) < 4.78 is 29.7. The average Bonchev–Trinajstić information content (AvgIpc) is 2.96. The van der Waals surface area contributed by atoms with Gasteiger partial charge >= 0.3 is 0 Å². The molecule has 3 aromatic carbocycles. The molecule has 10 nitrogen and oxygen atoms in total. The van der Waals surface area contributed by atoms with Crippen molar-refractivity contribution < 1.29 is 13.3 Å². The Balaban J connectivity index is 1.44. The van der Waals surface area contributed by atoms with Gasteiger partial charge in [0.05, 0.1) is 33.3 Å². The maximum Gasteiger partial charge on any atom is 0.289 e. The molecule has 1 aliphatic heterocycles. The van der Waals surface area contributed by atoms with Crippen LogP contribution in [0.15, 0.2) is 82.5 Å². The lowest BCUT2D eigenvalue weighted by Gasteiger charge is -2.38. The second kappa shape index (κ2) is 11.5. The fraction of sp³-hybridized carbons (Fsp3) is 0.286. The minimum absolute atomic E-state index is 0.117. The van der Waals surface area contributed by atoms with E-state index in [1.54, 1.807) is 10.6 Å². The van der Waals surface area contributed by atoms with E-state index >= 15 is 0 Å². The summed E-state index contributed by atoms with van der Waals surface area (Å²) in [5, 5.41) is 11.7. The molecule has 0 aliphatic carbocycles. The molecule has 0 amide bonds. The van der Waals surface area contributed by atoms with Crippen LogP contribution in [0.1, 0.15) is 30.8 Å². The van der Waals surface area contributed by atoms with Crippen LogP contribution in [0.2, 0.25) is 5.02 Å². The van der Waals surface area contributed by atoms with E-state index in [0.29, 0.717) is 42.8 Å². The quantitative estimate of drug-likeness (QED) is 0.222. The number of nitro benzene ring substituents is 1. The van der Waals surface area contributed by atoms with Crippen LogP contribution in [0.25, 0.3) is 10.9 Å². The van der Waals surface area contributed by atoms with Gasteiger partial charge in [-0.05, 0) is 36.2 Å². The van der Waals surface area contributed by atoms with Gasteiger partial charge in [0, 0.05) is 32.2 Å². The van der Waals surface area contributed by atoms with Crippen molar-refractivity contribution in [1.29, 1.82) is 0 Å². The van der Waals surface area contributed by atoms with E-state index in [4.69, 9.17) is 16.6 Å². The van der Waals surface area contributed by atoms with Gasteiger partial charge in [-0.25, -0.2) is 13.4 Å². The van der Waals surface area contributed by atoms with Crippen molar-refractivity contribution in [3.05, 3.63) is 110 Å².